The molecule has 3 heteroatoms. The van der Waals surface area contributed by atoms with E-state index in [1.807, 2.05) is 24.3 Å². The van der Waals surface area contributed by atoms with E-state index in [9.17, 15) is 0 Å². The molecule has 18 heavy (non-hydrogen) atoms. The van der Waals surface area contributed by atoms with Gasteiger partial charge in [0.15, 0.2) is 5.75 Å². The maximum absolute atomic E-state index is 5.90. The van der Waals surface area contributed by atoms with E-state index in [1.165, 1.54) is 5.56 Å². The Hall–Kier alpha value is -2.16. The second kappa shape index (κ2) is 5.45. The fraction of sp³-hybridized carbons (Fsp3) is 0.200. The fourth-order valence-electron chi connectivity index (χ4n) is 1.67. The van der Waals surface area contributed by atoms with Gasteiger partial charge in [0.05, 0.1) is 12.8 Å². The van der Waals surface area contributed by atoms with Crippen LogP contribution in [0, 0.1) is 0 Å². The molecule has 0 saturated heterocycles. The van der Waals surface area contributed by atoms with Crippen LogP contribution in [0.1, 0.15) is 12.5 Å². The molecule has 0 amide bonds. The third kappa shape index (κ3) is 2.74. The average molecular weight is 243 g/mol. The lowest BCUT2D eigenvalue weighted by Crippen LogP contribution is -1.93. The lowest BCUT2D eigenvalue weighted by atomic mass is 10.2. The number of hydrogen-bond acceptors (Lipinski definition) is 3. The molecule has 0 spiro atoms. The predicted octanol–water partition coefficient (Wildman–Crippen LogP) is 3.63. The van der Waals surface area contributed by atoms with E-state index >= 15 is 0 Å². The van der Waals surface area contributed by atoms with Crippen molar-refractivity contribution in [2.24, 2.45) is 0 Å². The molecule has 0 unspecified atom stereocenters. The summed E-state index contributed by atoms with van der Waals surface area (Å²) in [5.74, 6) is 2.14. The minimum atomic E-state index is 0.564. The van der Waals surface area contributed by atoms with Gasteiger partial charge < -0.3 is 15.2 Å². The third-order valence-corrected chi connectivity index (χ3v) is 2.78. The maximum Gasteiger partial charge on any atom is 0.150 e. The van der Waals surface area contributed by atoms with Crippen molar-refractivity contribution >= 4 is 5.69 Å². The Morgan fingerprint density at radius 3 is 2.22 bits per heavy atom. The van der Waals surface area contributed by atoms with Gasteiger partial charge in [0, 0.05) is 6.07 Å². The molecule has 0 aliphatic carbocycles. The molecule has 0 bridgehead atoms. The molecule has 0 saturated carbocycles. The first-order valence-corrected chi connectivity index (χ1v) is 5.93. The van der Waals surface area contributed by atoms with Crippen molar-refractivity contribution < 1.29 is 9.47 Å². The summed E-state index contributed by atoms with van der Waals surface area (Å²) in [5.41, 5.74) is 7.74. The van der Waals surface area contributed by atoms with E-state index in [-0.39, 0.29) is 0 Å². The van der Waals surface area contributed by atoms with E-state index in [1.54, 1.807) is 13.2 Å². The van der Waals surface area contributed by atoms with Crippen molar-refractivity contribution in [3.05, 3.63) is 48.0 Å². The normalized spacial score (nSPS) is 10.1. The first-order valence-electron chi connectivity index (χ1n) is 5.93. The Morgan fingerprint density at radius 2 is 1.67 bits per heavy atom. The zero-order valence-corrected chi connectivity index (χ0v) is 10.6. The van der Waals surface area contributed by atoms with Crippen molar-refractivity contribution in [1.82, 2.24) is 0 Å². The summed E-state index contributed by atoms with van der Waals surface area (Å²) in [5, 5.41) is 0. The molecule has 0 atom stereocenters. The van der Waals surface area contributed by atoms with Crippen molar-refractivity contribution in [3.63, 3.8) is 0 Å². The van der Waals surface area contributed by atoms with Gasteiger partial charge in [0.2, 0.25) is 0 Å². The van der Waals surface area contributed by atoms with Crippen LogP contribution in [-0.4, -0.2) is 7.11 Å². The highest BCUT2D eigenvalue weighted by Crippen LogP contribution is 2.30. The minimum absolute atomic E-state index is 0.564. The molecule has 0 fully saturated rings. The standard InChI is InChI=1S/C15H17NO2/c1-3-11-4-6-12(7-5-11)18-15-9-8-13(17-2)10-14(15)16/h4-10H,3,16H2,1-2H3. The van der Waals surface area contributed by atoms with E-state index in [0.717, 1.165) is 17.9 Å². The van der Waals surface area contributed by atoms with E-state index < -0.39 is 0 Å². The van der Waals surface area contributed by atoms with Crippen molar-refractivity contribution in [2.45, 2.75) is 13.3 Å². The van der Waals surface area contributed by atoms with Crippen LogP contribution in [0.25, 0.3) is 0 Å². The summed E-state index contributed by atoms with van der Waals surface area (Å²) < 4.78 is 10.8. The van der Waals surface area contributed by atoms with Crippen LogP contribution in [-0.2, 0) is 6.42 Å². The second-order valence-corrected chi connectivity index (χ2v) is 4.00. The van der Waals surface area contributed by atoms with Crippen LogP contribution in [0.2, 0.25) is 0 Å². The summed E-state index contributed by atoms with van der Waals surface area (Å²) in [4.78, 5) is 0. The molecule has 2 aromatic carbocycles. The van der Waals surface area contributed by atoms with Gasteiger partial charge in [0.25, 0.3) is 0 Å². The third-order valence-electron chi connectivity index (χ3n) is 2.78. The summed E-state index contributed by atoms with van der Waals surface area (Å²) in [6.45, 7) is 2.12. The molecule has 2 rings (SSSR count). The second-order valence-electron chi connectivity index (χ2n) is 4.00. The van der Waals surface area contributed by atoms with Gasteiger partial charge >= 0.3 is 0 Å². The maximum atomic E-state index is 5.90. The molecule has 2 aromatic rings. The summed E-state index contributed by atoms with van der Waals surface area (Å²) in [6.07, 6.45) is 1.02. The number of anilines is 1. The molecule has 0 aliphatic heterocycles. The Morgan fingerprint density at radius 1 is 1.00 bits per heavy atom. The summed E-state index contributed by atoms with van der Waals surface area (Å²) in [7, 11) is 1.61. The molecular formula is C15H17NO2. The van der Waals surface area contributed by atoms with Crippen molar-refractivity contribution in [3.8, 4) is 17.2 Å². The Bertz CT molecular complexity index is 521. The SMILES string of the molecule is CCc1ccc(Oc2ccc(OC)cc2N)cc1. The average Bonchev–Trinajstić information content (AvgIpc) is 2.42. The highest BCUT2D eigenvalue weighted by molar-refractivity contribution is 5.57. The number of nitrogen functional groups attached to an aromatic ring is 1. The van der Waals surface area contributed by atoms with Crippen LogP contribution >= 0.6 is 0 Å². The number of methoxy groups -OCH3 is 1. The van der Waals surface area contributed by atoms with Crippen LogP contribution < -0.4 is 15.2 Å². The number of rotatable bonds is 4. The quantitative estimate of drug-likeness (QED) is 0.834. The smallest absolute Gasteiger partial charge is 0.150 e. The Labute approximate surface area is 107 Å². The predicted molar refractivity (Wildman–Crippen MR) is 73.3 cm³/mol. The zero-order chi connectivity index (χ0) is 13.0. The van der Waals surface area contributed by atoms with Gasteiger partial charge in [0.1, 0.15) is 11.5 Å². The fourth-order valence-corrected chi connectivity index (χ4v) is 1.67. The van der Waals surface area contributed by atoms with Gasteiger partial charge in [-0.2, -0.15) is 0 Å². The highest BCUT2D eigenvalue weighted by atomic mass is 16.5. The van der Waals surface area contributed by atoms with E-state index in [0.29, 0.717) is 11.4 Å². The number of benzene rings is 2. The topological polar surface area (TPSA) is 44.5 Å². The highest BCUT2D eigenvalue weighted by Gasteiger charge is 2.03. The van der Waals surface area contributed by atoms with Crippen molar-refractivity contribution in [2.75, 3.05) is 12.8 Å². The Balaban J connectivity index is 2.17. The van der Waals surface area contributed by atoms with Crippen molar-refractivity contribution in [1.29, 1.82) is 0 Å². The first kappa shape index (κ1) is 12.3. The monoisotopic (exact) mass is 243 g/mol. The number of ether oxygens (including phenoxy) is 2. The van der Waals surface area contributed by atoms with Crippen LogP contribution in [0.5, 0.6) is 17.2 Å². The largest absolute Gasteiger partial charge is 0.497 e. The molecule has 2 N–H and O–H groups in total. The van der Waals surface area contributed by atoms with E-state index in [2.05, 4.69) is 19.1 Å². The first-order chi connectivity index (χ1) is 8.72. The number of aryl methyl sites for hydroxylation is 1. The van der Waals surface area contributed by atoms with Gasteiger partial charge in [-0.3, -0.25) is 0 Å². The molecule has 0 aromatic heterocycles. The van der Waals surface area contributed by atoms with Crippen LogP contribution in [0.15, 0.2) is 42.5 Å². The molecule has 94 valence electrons. The molecule has 0 heterocycles. The molecule has 0 aliphatic rings. The zero-order valence-electron chi connectivity index (χ0n) is 10.6. The van der Waals surface area contributed by atoms with Crippen LogP contribution in [0.3, 0.4) is 0 Å². The molecular weight excluding hydrogens is 226 g/mol. The lowest BCUT2D eigenvalue weighted by Gasteiger charge is -2.10. The lowest BCUT2D eigenvalue weighted by molar-refractivity contribution is 0.413. The number of nitrogens with two attached hydrogens (primary N) is 1. The number of hydrogen-bond donors (Lipinski definition) is 1. The summed E-state index contributed by atoms with van der Waals surface area (Å²) in [6, 6.07) is 13.4. The van der Waals surface area contributed by atoms with Gasteiger partial charge in [-0.15, -0.1) is 0 Å². The molecule has 3 nitrogen and oxygen atoms in total. The minimum Gasteiger partial charge on any atom is -0.497 e. The molecule has 0 radical (unpaired) electrons. The summed E-state index contributed by atoms with van der Waals surface area (Å²) >= 11 is 0. The van der Waals surface area contributed by atoms with Gasteiger partial charge in [-0.1, -0.05) is 19.1 Å². The van der Waals surface area contributed by atoms with Gasteiger partial charge in [-0.05, 0) is 36.2 Å². The van der Waals surface area contributed by atoms with Gasteiger partial charge in [-0.25, -0.2) is 0 Å². The van der Waals surface area contributed by atoms with Crippen LogP contribution in [0.4, 0.5) is 5.69 Å². The Kier molecular flexibility index (Phi) is 3.72. The van der Waals surface area contributed by atoms with E-state index in [4.69, 9.17) is 15.2 Å².